The molecule has 0 aromatic heterocycles. The van der Waals surface area contributed by atoms with Crippen molar-refractivity contribution in [2.75, 3.05) is 11.5 Å². The highest BCUT2D eigenvalue weighted by atomic mass is 32.2. The highest BCUT2D eigenvalue weighted by Gasteiger charge is 2.21. The van der Waals surface area contributed by atoms with E-state index in [-0.39, 0.29) is 0 Å². The third-order valence-electron chi connectivity index (χ3n) is 2.69. The van der Waals surface area contributed by atoms with Crippen LogP contribution in [0.1, 0.15) is 24.9 Å². The molecule has 1 fully saturated rings. The summed E-state index contributed by atoms with van der Waals surface area (Å²) in [5.74, 6) is 2.56. The van der Waals surface area contributed by atoms with Crippen LogP contribution < -0.4 is 5.32 Å². The lowest BCUT2D eigenvalue weighted by molar-refractivity contribution is 0.464. The van der Waals surface area contributed by atoms with Gasteiger partial charge in [0.1, 0.15) is 0 Å². The zero-order chi connectivity index (χ0) is 9.80. The summed E-state index contributed by atoms with van der Waals surface area (Å²) in [5, 5.41) is 3.70. The zero-order valence-electron chi connectivity index (χ0n) is 8.57. The Labute approximate surface area is 90.3 Å². The highest BCUT2D eigenvalue weighted by Crippen LogP contribution is 2.23. The van der Waals surface area contributed by atoms with Crippen LogP contribution in [0.2, 0.25) is 0 Å². The molecule has 1 unspecified atom stereocenters. The molecule has 1 atom stereocenters. The van der Waals surface area contributed by atoms with Crippen LogP contribution in [0.5, 0.6) is 0 Å². The topological polar surface area (TPSA) is 12.0 Å². The van der Waals surface area contributed by atoms with Gasteiger partial charge in [0.05, 0.1) is 0 Å². The molecule has 1 heterocycles. The van der Waals surface area contributed by atoms with Crippen LogP contribution >= 0.6 is 11.8 Å². The van der Waals surface area contributed by atoms with Gasteiger partial charge in [-0.05, 0) is 12.0 Å². The van der Waals surface area contributed by atoms with Crippen LogP contribution in [0, 0.1) is 0 Å². The van der Waals surface area contributed by atoms with Crippen molar-refractivity contribution in [3.63, 3.8) is 0 Å². The number of nitrogens with one attached hydrogen (secondary N) is 1. The summed E-state index contributed by atoms with van der Waals surface area (Å²) < 4.78 is 0. The Bertz CT molecular complexity index is 269. The Kier molecular flexibility index (Phi) is 3.49. The summed E-state index contributed by atoms with van der Waals surface area (Å²) in [6.45, 7) is 2.25. The number of benzene rings is 1. The number of thioether (sulfide) groups is 1. The Morgan fingerprint density at radius 1 is 1.36 bits per heavy atom. The van der Waals surface area contributed by atoms with Crippen molar-refractivity contribution in [1.29, 1.82) is 0 Å². The molecule has 1 N–H and O–H groups in total. The van der Waals surface area contributed by atoms with Crippen molar-refractivity contribution in [2.24, 2.45) is 0 Å². The van der Waals surface area contributed by atoms with Crippen LogP contribution in [0.15, 0.2) is 30.3 Å². The summed E-state index contributed by atoms with van der Waals surface area (Å²) >= 11 is 2.03. The molecule has 0 radical (unpaired) electrons. The minimum Gasteiger partial charge on any atom is -0.306 e. The third kappa shape index (κ3) is 2.31. The molecule has 0 amide bonds. The lowest BCUT2D eigenvalue weighted by atomic mass is 10.0. The van der Waals surface area contributed by atoms with Crippen molar-refractivity contribution < 1.29 is 0 Å². The molecule has 1 aromatic rings. The first-order valence-corrected chi connectivity index (χ1v) is 6.44. The highest BCUT2D eigenvalue weighted by molar-refractivity contribution is 8.00. The van der Waals surface area contributed by atoms with Gasteiger partial charge in [0.25, 0.3) is 0 Å². The van der Waals surface area contributed by atoms with Crippen molar-refractivity contribution in [2.45, 2.75) is 25.4 Å². The quantitative estimate of drug-likeness (QED) is 0.815. The van der Waals surface area contributed by atoms with Gasteiger partial charge in [-0.2, -0.15) is 11.8 Å². The van der Waals surface area contributed by atoms with Gasteiger partial charge in [-0.3, -0.25) is 0 Å². The first-order chi connectivity index (χ1) is 6.90. The van der Waals surface area contributed by atoms with Gasteiger partial charge in [0.15, 0.2) is 0 Å². The van der Waals surface area contributed by atoms with E-state index in [0.717, 1.165) is 6.04 Å². The number of rotatable bonds is 4. The largest absolute Gasteiger partial charge is 0.306 e. The minimum absolute atomic E-state index is 0.544. The zero-order valence-corrected chi connectivity index (χ0v) is 9.39. The first kappa shape index (κ1) is 10.1. The van der Waals surface area contributed by atoms with Gasteiger partial charge in [-0.15, -0.1) is 0 Å². The number of hydrogen-bond acceptors (Lipinski definition) is 2. The molecule has 0 aliphatic carbocycles. The molecule has 2 rings (SSSR count). The van der Waals surface area contributed by atoms with Gasteiger partial charge >= 0.3 is 0 Å². The summed E-state index contributed by atoms with van der Waals surface area (Å²) in [6.07, 6.45) is 1.17. The van der Waals surface area contributed by atoms with E-state index in [4.69, 9.17) is 0 Å². The maximum atomic E-state index is 3.70. The van der Waals surface area contributed by atoms with Crippen LogP contribution in [0.25, 0.3) is 0 Å². The molecular weight excluding hydrogens is 190 g/mol. The maximum Gasteiger partial charge on any atom is 0.0320 e. The summed E-state index contributed by atoms with van der Waals surface area (Å²) in [6, 6.07) is 12.0. The van der Waals surface area contributed by atoms with E-state index in [1.165, 1.54) is 23.5 Å². The predicted molar refractivity (Wildman–Crippen MR) is 63.7 cm³/mol. The fourth-order valence-corrected chi connectivity index (χ4v) is 2.42. The molecule has 0 saturated carbocycles. The van der Waals surface area contributed by atoms with Crippen molar-refractivity contribution in [3.05, 3.63) is 35.9 Å². The fraction of sp³-hybridized carbons (Fsp3) is 0.500. The molecule has 2 heteroatoms. The predicted octanol–water partition coefficient (Wildman–Crippen LogP) is 2.84. The standard InChI is InChI=1S/C12H17NS/c1-2-12(13-11-8-14-9-11)10-6-4-3-5-7-10/h3-7,11-13H,2,8-9H2,1H3. The molecule has 1 aromatic carbocycles. The van der Waals surface area contributed by atoms with Crippen LogP contribution in [0.3, 0.4) is 0 Å². The Morgan fingerprint density at radius 2 is 2.07 bits per heavy atom. The van der Waals surface area contributed by atoms with Gasteiger partial charge < -0.3 is 5.32 Å². The normalized spacial score (nSPS) is 18.9. The second-order valence-electron chi connectivity index (χ2n) is 3.77. The van der Waals surface area contributed by atoms with E-state index < -0.39 is 0 Å². The van der Waals surface area contributed by atoms with Gasteiger partial charge in [-0.25, -0.2) is 0 Å². The third-order valence-corrected chi connectivity index (χ3v) is 3.96. The SMILES string of the molecule is CCC(NC1CSC1)c1ccccc1. The van der Waals surface area contributed by atoms with E-state index in [2.05, 4.69) is 42.6 Å². The number of hydrogen-bond donors (Lipinski definition) is 1. The lowest BCUT2D eigenvalue weighted by Crippen LogP contribution is -2.42. The molecule has 0 bridgehead atoms. The molecule has 1 saturated heterocycles. The smallest absolute Gasteiger partial charge is 0.0320 e. The summed E-state index contributed by atoms with van der Waals surface area (Å²) in [5.41, 5.74) is 1.42. The molecule has 1 nitrogen and oxygen atoms in total. The van der Waals surface area contributed by atoms with Crippen LogP contribution in [0.4, 0.5) is 0 Å². The van der Waals surface area contributed by atoms with Crippen LogP contribution in [-0.4, -0.2) is 17.5 Å². The van der Waals surface area contributed by atoms with E-state index in [1.54, 1.807) is 0 Å². The molecule has 1 aliphatic heterocycles. The maximum absolute atomic E-state index is 3.70. The second kappa shape index (κ2) is 4.85. The van der Waals surface area contributed by atoms with E-state index in [1.807, 2.05) is 11.8 Å². The van der Waals surface area contributed by atoms with Gasteiger partial charge in [-0.1, -0.05) is 37.3 Å². The van der Waals surface area contributed by atoms with E-state index >= 15 is 0 Å². The van der Waals surface area contributed by atoms with E-state index in [0.29, 0.717) is 6.04 Å². The van der Waals surface area contributed by atoms with Gasteiger partial charge in [0.2, 0.25) is 0 Å². The average molecular weight is 207 g/mol. The Morgan fingerprint density at radius 3 is 2.57 bits per heavy atom. The lowest BCUT2D eigenvalue weighted by Gasteiger charge is -2.30. The van der Waals surface area contributed by atoms with Crippen molar-refractivity contribution in [1.82, 2.24) is 5.32 Å². The fourth-order valence-electron chi connectivity index (χ4n) is 1.75. The monoisotopic (exact) mass is 207 g/mol. The van der Waals surface area contributed by atoms with Gasteiger partial charge in [0, 0.05) is 23.6 Å². The Balaban J connectivity index is 1.98. The van der Waals surface area contributed by atoms with Crippen molar-refractivity contribution in [3.8, 4) is 0 Å². The molecule has 0 spiro atoms. The molecule has 1 aliphatic rings. The summed E-state index contributed by atoms with van der Waals surface area (Å²) in [4.78, 5) is 0. The molecule has 14 heavy (non-hydrogen) atoms. The first-order valence-electron chi connectivity index (χ1n) is 5.29. The summed E-state index contributed by atoms with van der Waals surface area (Å²) in [7, 11) is 0. The Hall–Kier alpha value is -0.470. The molecule has 76 valence electrons. The van der Waals surface area contributed by atoms with E-state index in [9.17, 15) is 0 Å². The minimum atomic E-state index is 0.544. The van der Waals surface area contributed by atoms with Crippen molar-refractivity contribution >= 4 is 11.8 Å². The second-order valence-corrected chi connectivity index (χ2v) is 4.85. The average Bonchev–Trinajstić information content (AvgIpc) is 2.18. The molecular formula is C12H17NS. The van der Waals surface area contributed by atoms with Crippen LogP contribution in [-0.2, 0) is 0 Å².